The van der Waals surface area contributed by atoms with Crippen molar-refractivity contribution in [3.05, 3.63) is 30.3 Å². The Morgan fingerprint density at radius 1 is 1.32 bits per heavy atom. The smallest absolute Gasteiger partial charge is 0.414 e. The minimum absolute atomic E-state index is 0.0343. The maximum atomic E-state index is 11.9. The molecule has 19 heavy (non-hydrogen) atoms. The summed E-state index contributed by atoms with van der Waals surface area (Å²) in [7, 11) is 1.49. The number of likely N-dealkylation sites (tertiary alicyclic amines) is 1. The van der Waals surface area contributed by atoms with E-state index in [4.69, 9.17) is 14.2 Å². The Morgan fingerprint density at radius 3 is 2.84 bits per heavy atom. The predicted octanol–water partition coefficient (Wildman–Crippen LogP) is 2.62. The number of piperidine rings is 1. The van der Waals surface area contributed by atoms with Gasteiger partial charge in [0.1, 0.15) is 5.75 Å². The zero-order valence-electron chi connectivity index (χ0n) is 11.1. The number of benzene rings is 1. The first-order chi connectivity index (χ1) is 9.31. The number of rotatable bonds is 4. The maximum absolute atomic E-state index is 11.9. The second-order valence-corrected chi connectivity index (χ2v) is 4.39. The van der Waals surface area contributed by atoms with Gasteiger partial charge in [0.15, 0.2) is 13.0 Å². The second-order valence-electron chi connectivity index (χ2n) is 4.39. The van der Waals surface area contributed by atoms with Crippen LogP contribution in [0.15, 0.2) is 30.3 Å². The molecule has 1 atom stereocenters. The van der Waals surface area contributed by atoms with Crippen molar-refractivity contribution in [3.63, 3.8) is 0 Å². The average Bonchev–Trinajstić information content (AvgIpc) is 2.46. The van der Waals surface area contributed by atoms with Crippen LogP contribution in [0.1, 0.15) is 19.3 Å². The largest absolute Gasteiger partial charge is 0.470 e. The first kappa shape index (κ1) is 13.7. The summed E-state index contributed by atoms with van der Waals surface area (Å²) in [4.78, 5) is 13.5. The van der Waals surface area contributed by atoms with E-state index in [1.54, 1.807) is 4.90 Å². The highest BCUT2D eigenvalue weighted by Gasteiger charge is 2.29. The summed E-state index contributed by atoms with van der Waals surface area (Å²) < 4.78 is 15.6. The molecule has 1 aliphatic rings. The van der Waals surface area contributed by atoms with E-state index in [9.17, 15) is 4.79 Å². The van der Waals surface area contributed by atoms with E-state index < -0.39 is 0 Å². The van der Waals surface area contributed by atoms with Crippen molar-refractivity contribution in [1.82, 2.24) is 4.90 Å². The molecule has 1 aliphatic heterocycles. The van der Waals surface area contributed by atoms with Crippen molar-refractivity contribution in [3.8, 4) is 5.75 Å². The number of para-hydroxylation sites is 1. The van der Waals surface area contributed by atoms with Crippen molar-refractivity contribution in [1.29, 1.82) is 0 Å². The van der Waals surface area contributed by atoms with Crippen LogP contribution in [-0.4, -0.2) is 37.7 Å². The topological polar surface area (TPSA) is 48.0 Å². The van der Waals surface area contributed by atoms with E-state index in [0.717, 1.165) is 25.0 Å². The van der Waals surface area contributed by atoms with E-state index in [1.165, 1.54) is 7.11 Å². The van der Waals surface area contributed by atoms with Crippen LogP contribution in [0.2, 0.25) is 0 Å². The highest BCUT2D eigenvalue weighted by Crippen LogP contribution is 2.22. The van der Waals surface area contributed by atoms with E-state index in [0.29, 0.717) is 6.54 Å². The maximum Gasteiger partial charge on any atom is 0.414 e. The summed E-state index contributed by atoms with van der Waals surface area (Å²) in [6.45, 7) is 0.618. The molecular weight excluding hydrogens is 246 g/mol. The van der Waals surface area contributed by atoms with Crippen molar-refractivity contribution < 1.29 is 19.0 Å². The minimum Gasteiger partial charge on any atom is -0.470 e. The number of carbonyl (C=O) groups is 1. The molecule has 1 heterocycles. The summed E-state index contributed by atoms with van der Waals surface area (Å²) in [6, 6.07) is 9.51. The molecule has 1 aromatic carbocycles. The first-order valence-corrected chi connectivity index (χ1v) is 6.45. The standard InChI is InChI=1S/C14H19NO4/c1-17-11-18-14(16)15-10-6-5-9-13(15)19-12-7-3-2-4-8-12/h2-4,7-8,13H,5-6,9-11H2,1H3. The lowest BCUT2D eigenvalue weighted by Gasteiger charge is -2.34. The SMILES string of the molecule is COCOC(=O)N1CCCCC1Oc1ccccc1. The number of hydrogen-bond donors (Lipinski definition) is 0. The summed E-state index contributed by atoms with van der Waals surface area (Å²) in [6.07, 6.45) is 2.18. The Kier molecular flexibility index (Phi) is 5.03. The number of methoxy groups -OCH3 is 1. The fourth-order valence-corrected chi connectivity index (χ4v) is 2.08. The normalized spacial score (nSPS) is 19.0. The molecule has 5 heteroatoms. The number of amides is 1. The number of ether oxygens (including phenoxy) is 3. The van der Waals surface area contributed by atoms with Crippen LogP contribution >= 0.6 is 0 Å². The summed E-state index contributed by atoms with van der Waals surface area (Å²) in [5.41, 5.74) is 0. The lowest BCUT2D eigenvalue weighted by molar-refractivity contribution is -0.0429. The molecular formula is C14H19NO4. The molecule has 0 N–H and O–H groups in total. The van der Waals surface area contributed by atoms with Gasteiger partial charge in [-0.3, -0.25) is 4.90 Å². The van der Waals surface area contributed by atoms with Gasteiger partial charge in [-0.25, -0.2) is 4.79 Å². The molecule has 1 amide bonds. The van der Waals surface area contributed by atoms with Gasteiger partial charge < -0.3 is 14.2 Å². The van der Waals surface area contributed by atoms with Gasteiger partial charge >= 0.3 is 6.09 Å². The van der Waals surface area contributed by atoms with Gasteiger partial charge in [0, 0.05) is 20.1 Å². The lowest BCUT2D eigenvalue weighted by atomic mass is 10.1. The molecule has 1 unspecified atom stereocenters. The van der Waals surface area contributed by atoms with Gasteiger partial charge in [-0.05, 0) is 25.0 Å². The molecule has 104 valence electrons. The van der Waals surface area contributed by atoms with E-state index in [2.05, 4.69) is 0 Å². The van der Waals surface area contributed by atoms with Crippen molar-refractivity contribution in [2.45, 2.75) is 25.5 Å². The van der Waals surface area contributed by atoms with Crippen molar-refractivity contribution in [2.75, 3.05) is 20.4 Å². The highest BCUT2D eigenvalue weighted by molar-refractivity contribution is 5.67. The van der Waals surface area contributed by atoms with E-state index in [-0.39, 0.29) is 19.1 Å². The molecule has 0 saturated carbocycles. The monoisotopic (exact) mass is 265 g/mol. The van der Waals surface area contributed by atoms with Crippen LogP contribution in [0, 0.1) is 0 Å². The molecule has 0 spiro atoms. The number of hydrogen-bond acceptors (Lipinski definition) is 4. The second kappa shape index (κ2) is 6.99. The predicted molar refractivity (Wildman–Crippen MR) is 69.8 cm³/mol. The summed E-state index contributed by atoms with van der Waals surface area (Å²) in [5, 5.41) is 0. The average molecular weight is 265 g/mol. The van der Waals surface area contributed by atoms with Gasteiger partial charge in [0.2, 0.25) is 0 Å². The van der Waals surface area contributed by atoms with Crippen LogP contribution in [0.3, 0.4) is 0 Å². The zero-order chi connectivity index (χ0) is 13.5. The zero-order valence-corrected chi connectivity index (χ0v) is 11.1. The lowest BCUT2D eigenvalue weighted by Crippen LogP contribution is -2.47. The van der Waals surface area contributed by atoms with Crippen LogP contribution in [0.25, 0.3) is 0 Å². The van der Waals surface area contributed by atoms with Gasteiger partial charge in [-0.2, -0.15) is 0 Å². The Bertz CT molecular complexity index is 396. The fraction of sp³-hybridized carbons (Fsp3) is 0.500. The minimum atomic E-state index is -0.387. The third-order valence-electron chi connectivity index (χ3n) is 3.00. The number of nitrogens with zero attached hydrogens (tertiary/aromatic N) is 1. The first-order valence-electron chi connectivity index (χ1n) is 6.45. The molecule has 1 aromatic rings. The Morgan fingerprint density at radius 2 is 2.11 bits per heavy atom. The van der Waals surface area contributed by atoms with Crippen LogP contribution in [0.4, 0.5) is 4.79 Å². The summed E-state index contributed by atoms with van der Waals surface area (Å²) in [5.74, 6) is 0.763. The van der Waals surface area contributed by atoms with Gasteiger partial charge in [0.05, 0.1) is 0 Å². The molecule has 1 fully saturated rings. The Labute approximate surface area is 113 Å². The quantitative estimate of drug-likeness (QED) is 0.785. The third-order valence-corrected chi connectivity index (χ3v) is 3.00. The van der Waals surface area contributed by atoms with Gasteiger partial charge in [-0.1, -0.05) is 18.2 Å². The molecule has 1 saturated heterocycles. The molecule has 0 aliphatic carbocycles. The molecule has 0 bridgehead atoms. The molecule has 0 aromatic heterocycles. The van der Waals surface area contributed by atoms with Gasteiger partial charge in [0.25, 0.3) is 0 Å². The van der Waals surface area contributed by atoms with Crippen molar-refractivity contribution >= 4 is 6.09 Å². The van der Waals surface area contributed by atoms with Crippen LogP contribution in [0.5, 0.6) is 5.75 Å². The fourth-order valence-electron chi connectivity index (χ4n) is 2.08. The summed E-state index contributed by atoms with van der Waals surface area (Å²) >= 11 is 0. The Balaban J connectivity index is 1.97. The van der Waals surface area contributed by atoms with E-state index >= 15 is 0 Å². The molecule has 0 radical (unpaired) electrons. The van der Waals surface area contributed by atoms with Crippen LogP contribution in [-0.2, 0) is 9.47 Å². The Hall–Kier alpha value is -1.75. The highest BCUT2D eigenvalue weighted by atomic mass is 16.7. The number of carbonyl (C=O) groups excluding carboxylic acids is 1. The van der Waals surface area contributed by atoms with Gasteiger partial charge in [-0.15, -0.1) is 0 Å². The van der Waals surface area contributed by atoms with Crippen LogP contribution < -0.4 is 4.74 Å². The van der Waals surface area contributed by atoms with E-state index in [1.807, 2.05) is 30.3 Å². The van der Waals surface area contributed by atoms with Crippen molar-refractivity contribution in [2.24, 2.45) is 0 Å². The molecule has 2 rings (SSSR count). The third kappa shape index (κ3) is 3.86. The molecule has 5 nitrogen and oxygen atoms in total.